The summed E-state index contributed by atoms with van der Waals surface area (Å²) < 4.78 is 10.1. The Morgan fingerprint density at radius 3 is 2.59 bits per heavy atom. The zero-order chi connectivity index (χ0) is 15.5. The summed E-state index contributed by atoms with van der Waals surface area (Å²) in [4.78, 5) is 23.7. The summed E-state index contributed by atoms with van der Waals surface area (Å²) in [6.07, 6.45) is 4.52. The van der Waals surface area contributed by atoms with Gasteiger partial charge >= 0.3 is 5.97 Å². The Labute approximate surface area is 136 Å². The van der Waals surface area contributed by atoms with Crippen molar-refractivity contribution < 1.29 is 18.7 Å². The van der Waals surface area contributed by atoms with Crippen LogP contribution in [-0.4, -0.2) is 24.5 Å². The molecule has 0 saturated heterocycles. The molecule has 7 heteroatoms. The highest BCUT2D eigenvalue weighted by Crippen LogP contribution is 2.26. The van der Waals surface area contributed by atoms with Crippen LogP contribution < -0.4 is 11.1 Å². The van der Waals surface area contributed by atoms with E-state index in [9.17, 15) is 9.59 Å². The van der Waals surface area contributed by atoms with Crippen molar-refractivity contribution in [3.63, 3.8) is 0 Å². The van der Waals surface area contributed by atoms with Crippen LogP contribution in [0.15, 0.2) is 10.5 Å². The Morgan fingerprint density at radius 1 is 1.36 bits per heavy atom. The average Bonchev–Trinajstić information content (AvgIpc) is 2.85. The molecule has 1 aliphatic rings. The van der Waals surface area contributed by atoms with Crippen LogP contribution in [0.1, 0.15) is 54.0 Å². The molecular weight excluding hydrogens is 308 g/mol. The lowest BCUT2D eigenvalue weighted by Gasteiger charge is -2.31. The van der Waals surface area contributed by atoms with Gasteiger partial charge in [-0.3, -0.25) is 4.79 Å². The van der Waals surface area contributed by atoms with Gasteiger partial charge in [-0.1, -0.05) is 19.3 Å². The van der Waals surface area contributed by atoms with Crippen LogP contribution in [0.4, 0.5) is 0 Å². The van der Waals surface area contributed by atoms with Crippen LogP contribution in [-0.2, 0) is 16.1 Å². The van der Waals surface area contributed by atoms with Crippen molar-refractivity contribution in [1.82, 2.24) is 5.32 Å². The van der Waals surface area contributed by atoms with E-state index in [4.69, 9.17) is 10.2 Å². The first kappa shape index (κ1) is 18.5. The molecule has 1 aromatic heterocycles. The van der Waals surface area contributed by atoms with E-state index in [1.807, 2.05) is 0 Å². The first-order valence-corrected chi connectivity index (χ1v) is 7.21. The number of nitrogens with two attached hydrogens (primary N) is 1. The number of hydrogen-bond donors (Lipinski definition) is 2. The van der Waals surface area contributed by atoms with Crippen LogP contribution >= 0.6 is 12.4 Å². The number of hydrogen-bond acceptors (Lipinski definition) is 5. The molecule has 124 valence electrons. The van der Waals surface area contributed by atoms with Gasteiger partial charge in [-0.25, -0.2) is 4.79 Å². The number of halogens is 1. The normalized spacial score (nSPS) is 16.5. The van der Waals surface area contributed by atoms with Gasteiger partial charge in [0, 0.05) is 0 Å². The monoisotopic (exact) mass is 330 g/mol. The maximum atomic E-state index is 12.2. The number of nitrogens with one attached hydrogen (secondary N) is 1. The van der Waals surface area contributed by atoms with Gasteiger partial charge in [0.2, 0.25) is 5.91 Å². The molecule has 0 unspecified atom stereocenters. The molecule has 2 rings (SSSR count). The molecule has 0 atom stereocenters. The van der Waals surface area contributed by atoms with Crippen LogP contribution in [0.2, 0.25) is 0 Å². The van der Waals surface area contributed by atoms with Crippen molar-refractivity contribution in [2.24, 2.45) is 5.73 Å². The van der Waals surface area contributed by atoms with Crippen LogP contribution in [0.5, 0.6) is 0 Å². The summed E-state index contributed by atoms with van der Waals surface area (Å²) in [5, 5.41) is 2.80. The van der Waals surface area contributed by atoms with E-state index in [1.165, 1.54) is 7.11 Å². The number of furan rings is 1. The largest absolute Gasteiger partial charge is 0.465 e. The minimum absolute atomic E-state index is 0. The van der Waals surface area contributed by atoms with E-state index in [0.29, 0.717) is 29.9 Å². The average molecular weight is 331 g/mol. The fourth-order valence-corrected chi connectivity index (χ4v) is 2.70. The van der Waals surface area contributed by atoms with Gasteiger partial charge in [0.25, 0.3) is 0 Å². The van der Waals surface area contributed by atoms with Gasteiger partial charge in [0.05, 0.1) is 19.2 Å². The van der Waals surface area contributed by atoms with E-state index in [1.54, 1.807) is 13.0 Å². The third kappa shape index (κ3) is 4.01. The molecule has 3 N–H and O–H groups in total. The Bertz CT molecular complexity index is 536. The number of ether oxygens (including phenoxy) is 1. The SMILES string of the molecule is COC(=O)c1cc(CNC(=O)C2(N)CCCCC2)oc1C.Cl. The Kier molecular flexibility index (Phi) is 6.44. The summed E-state index contributed by atoms with van der Waals surface area (Å²) in [5.41, 5.74) is 5.76. The first-order chi connectivity index (χ1) is 9.96. The van der Waals surface area contributed by atoms with Gasteiger partial charge in [0.1, 0.15) is 17.1 Å². The predicted octanol–water partition coefficient (Wildman–Crippen LogP) is 2.07. The number of carbonyl (C=O) groups excluding carboxylic acids is 2. The molecule has 1 aliphatic carbocycles. The number of rotatable bonds is 4. The number of esters is 1. The molecule has 1 heterocycles. The summed E-state index contributed by atoms with van der Waals surface area (Å²) >= 11 is 0. The van der Waals surface area contributed by atoms with Gasteiger partial charge < -0.3 is 20.2 Å². The smallest absolute Gasteiger partial charge is 0.341 e. The van der Waals surface area contributed by atoms with Gasteiger partial charge in [0.15, 0.2) is 0 Å². The molecule has 1 saturated carbocycles. The quantitative estimate of drug-likeness (QED) is 0.824. The summed E-state index contributed by atoms with van der Waals surface area (Å²) in [6, 6.07) is 1.59. The minimum Gasteiger partial charge on any atom is -0.465 e. The lowest BCUT2D eigenvalue weighted by molar-refractivity contribution is -0.127. The zero-order valence-electron chi connectivity index (χ0n) is 12.9. The molecule has 1 fully saturated rings. The molecule has 1 amide bonds. The summed E-state index contributed by atoms with van der Waals surface area (Å²) in [6.45, 7) is 1.90. The fraction of sp³-hybridized carbons (Fsp3) is 0.600. The van der Waals surface area contributed by atoms with Crippen LogP contribution in [0.3, 0.4) is 0 Å². The minimum atomic E-state index is -0.773. The van der Waals surface area contributed by atoms with Crippen molar-refractivity contribution in [2.75, 3.05) is 7.11 Å². The Hall–Kier alpha value is -1.53. The molecule has 0 radical (unpaired) electrons. The maximum Gasteiger partial charge on any atom is 0.341 e. The predicted molar refractivity (Wildman–Crippen MR) is 83.9 cm³/mol. The van der Waals surface area contributed by atoms with Crippen molar-refractivity contribution >= 4 is 24.3 Å². The molecular formula is C15H23ClN2O4. The second-order valence-corrected chi connectivity index (χ2v) is 5.57. The molecule has 0 spiro atoms. The maximum absolute atomic E-state index is 12.2. The highest BCUT2D eigenvalue weighted by atomic mass is 35.5. The molecule has 0 aromatic carbocycles. The van der Waals surface area contributed by atoms with E-state index in [2.05, 4.69) is 10.1 Å². The van der Waals surface area contributed by atoms with Gasteiger partial charge in [-0.05, 0) is 25.8 Å². The van der Waals surface area contributed by atoms with Crippen LogP contribution in [0.25, 0.3) is 0 Å². The van der Waals surface area contributed by atoms with Crippen molar-refractivity contribution in [2.45, 2.75) is 51.1 Å². The highest BCUT2D eigenvalue weighted by Gasteiger charge is 2.35. The number of amides is 1. The van der Waals surface area contributed by atoms with Gasteiger partial charge in [-0.15, -0.1) is 12.4 Å². The second-order valence-electron chi connectivity index (χ2n) is 5.57. The van der Waals surface area contributed by atoms with Crippen molar-refractivity contribution in [3.05, 3.63) is 23.2 Å². The van der Waals surface area contributed by atoms with E-state index >= 15 is 0 Å². The van der Waals surface area contributed by atoms with Crippen molar-refractivity contribution in [1.29, 1.82) is 0 Å². The number of aryl methyl sites for hydroxylation is 1. The zero-order valence-corrected chi connectivity index (χ0v) is 13.8. The summed E-state index contributed by atoms with van der Waals surface area (Å²) in [5.74, 6) is 0.388. The lowest BCUT2D eigenvalue weighted by atomic mass is 9.82. The number of carbonyl (C=O) groups is 2. The standard InChI is InChI=1S/C15H22N2O4.ClH/c1-10-12(13(18)20-2)8-11(21-10)9-17-14(19)15(16)6-4-3-5-7-15;/h8H,3-7,9,16H2,1-2H3,(H,17,19);1H. The molecule has 6 nitrogen and oxygen atoms in total. The Balaban J connectivity index is 0.00000242. The van der Waals surface area contributed by atoms with Crippen LogP contribution in [0, 0.1) is 6.92 Å². The lowest BCUT2D eigenvalue weighted by Crippen LogP contribution is -2.54. The topological polar surface area (TPSA) is 94.6 Å². The van der Waals surface area contributed by atoms with Gasteiger partial charge in [-0.2, -0.15) is 0 Å². The number of methoxy groups -OCH3 is 1. The molecule has 22 heavy (non-hydrogen) atoms. The third-order valence-electron chi connectivity index (χ3n) is 4.00. The third-order valence-corrected chi connectivity index (χ3v) is 4.00. The molecule has 1 aromatic rings. The fourth-order valence-electron chi connectivity index (χ4n) is 2.70. The second kappa shape index (κ2) is 7.65. The Morgan fingerprint density at radius 2 is 2.00 bits per heavy atom. The van der Waals surface area contributed by atoms with E-state index < -0.39 is 11.5 Å². The summed E-state index contributed by atoms with van der Waals surface area (Å²) in [7, 11) is 1.32. The van der Waals surface area contributed by atoms with Crippen molar-refractivity contribution in [3.8, 4) is 0 Å². The molecule has 0 bridgehead atoms. The van der Waals surface area contributed by atoms with E-state index in [-0.39, 0.29) is 24.9 Å². The van der Waals surface area contributed by atoms with E-state index in [0.717, 1.165) is 19.3 Å². The highest BCUT2D eigenvalue weighted by molar-refractivity contribution is 5.90. The molecule has 0 aliphatic heterocycles. The first-order valence-electron chi connectivity index (χ1n) is 7.21.